The summed E-state index contributed by atoms with van der Waals surface area (Å²) >= 11 is 0. The Hall–Kier alpha value is -5.29. The summed E-state index contributed by atoms with van der Waals surface area (Å²) in [6, 6.07) is 23.4. The maximum Gasteiger partial charge on any atom is 0.408 e. The molecule has 4 N–H and O–H groups in total. The van der Waals surface area contributed by atoms with Crippen LogP contribution in [0.3, 0.4) is 0 Å². The molecule has 0 fully saturated rings. The number of aliphatic hydroxyl groups excluding tert-OH is 1. The first-order valence-corrected chi connectivity index (χ1v) is 19.4. The molecule has 5 atom stereocenters. The van der Waals surface area contributed by atoms with Gasteiger partial charge in [0.2, 0.25) is 17.7 Å². The Labute approximate surface area is 325 Å². The Morgan fingerprint density at radius 1 is 0.782 bits per heavy atom. The molecule has 1 heterocycles. The molecule has 3 aromatic carbocycles. The topological polar surface area (TPSA) is 150 Å². The van der Waals surface area contributed by atoms with Gasteiger partial charge in [0.1, 0.15) is 18.7 Å². The monoisotopic (exact) mass is 751 g/mol. The summed E-state index contributed by atoms with van der Waals surface area (Å²) < 4.78 is 5.51. The largest absolute Gasteiger partial charge is 0.445 e. The minimum atomic E-state index is -1.15. The third-order valence-corrected chi connectivity index (χ3v) is 9.79. The average Bonchev–Trinajstić information content (AvgIpc) is 3.18. The van der Waals surface area contributed by atoms with Crippen LogP contribution in [-0.2, 0) is 38.6 Å². The van der Waals surface area contributed by atoms with Crippen LogP contribution in [-0.4, -0.2) is 76.1 Å². The van der Waals surface area contributed by atoms with Crippen LogP contribution in [0, 0.1) is 11.8 Å². The predicted octanol–water partition coefficient (Wildman–Crippen LogP) is 5.98. The number of fused-ring (bicyclic) bond motifs is 1. The Morgan fingerprint density at radius 3 is 2.15 bits per heavy atom. The van der Waals surface area contributed by atoms with Crippen LogP contribution in [0.2, 0.25) is 0 Å². The Kier molecular flexibility index (Phi) is 16.6. The van der Waals surface area contributed by atoms with Gasteiger partial charge in [0.05, 0.1) is 18.6 Å². The first-order valence-electron chi connectivity index (χ1n) is 19.4. The van der Waals surface area contributed by atoms with E-state index in [0.717, 1.165) is 28.3 Å². The zero-order valence-corrected chi connectivity index (χ0v) is 32.7. The number of hydrogen-bond acceptors (Lipinski definition) is 7. The highest BCUT2D eigenvalue weighted by atomic mass is 16.5. The van der Waals surface area contributed by atoms with Crippen LogP contribution < -0.4 is 16.0 Å². The van der Waals surface area contributed by atoms with E-state index in [4.69, 9.17) is 4.74 Å². The van der Waals surface area contributed by atoms with Crippen LogP contribution in [0.1, 0.15) is 70.6 Å². The number of aliphatic hydroxyl groups is 1. The molecular formula is C44H57N5O6. The third kappa shape index (κ3) is 13.5. The van der Waals surface area contributed by atoms with E-state index in [-0.39, 0.29) is 37.7 Å². The number of pyridine rings is 1. The number of benzene rings is 3. The fraction of sp³-hybridized carbons (Fsp3) is 0.432. The molecule has 0 saturated heterocycles. The maximum absolute atomic E-state index is 14.3. The SMILES string of the molecule is CCC(C)CN(CC)C(=O)C[C@H](O)[C@H](CC(C)C)NC(=O)C(Cc1cccnc1)NC(=O)[C@H](Cc1cccc2ccccc12)NC(=O)OCc1ccccc1. The third-order valence-electron chi connectivity index (χ3n) is 9.79. The van der Waals surface area contributed by atoms with Gasteiger partial charge in [-0.3, -0.25) is 19.4 Å². The highest BCUT2D eigenvalue weighted by molar-refractivity contribution is 5.93. The van der Waals surface area contributed by atoms with Gasteiger partial charge in [-0.1, -0.05) is 113 Å². The van der Waals surface area contributed by atoms with Crippen molar-refractivity contribution in [3.63, 3.8) is 0 Å². The number of ether oxygens (including phenoxy) is 1. The summed E-state index contributed by atoms with van der Waals surface area (Å²) in [4.78, 5) is 60.9. The van der Waals surface area contributed by atoms with Crippen molar-refractivity contribution < 1.29 is 29.0 Å². The summed E-state index contributed by atoms with van der Waals surface area (Å²) in [5.74, 6) is -0.904. The molecule has 4 rings (SSSR count). The van der Waals surface area contributed by atoms with E-state index in [0.29, 0.717) is 31.0 Å². The van der Waals surface area contributed by atoms with Gasteiger partial charge in [0.25, 0.3) is 0 Å². The van der Waals surface area contributed by atoms with Crippen LogP contribution in [0.15, 0.2) is 97.3 Å². The minimum Gasteiger partial charge on any atom is -0.445 e. The Balaban J connectivity index is 1.58. The molecule has 0 aliphatic rings. The molecule has 1 aromatic heterocycles. The van der Waals surface area contributed by atoms with Crippen LogP contribution in [0.4, 0.5) is 4.79 Å². The van der Waals surface area contributed by atoms with Crippen LogP contribution in [0.5, 0.6) is 0 Å². The molecule has 0 aliphatic carbocycles. The van der Waals surface area contributed by atoms with E-state index in [2.05, 4.69) is 34.8 Å². The van der Waals surface area contributed by atoms with E-state index in [9.17, 15) is 24.3 Å². The van der Waals surface area contributed by atoms with Crippen molar-refractivity contribution in [1.82, 2.24) is 25.8 Å². The first-order chi connectivity index (χ1) is 26.5. The number of nitrogens with zero attached hydrogens (tertiary/aromatic N) is 2. The lowest BCUT2D eigenvalue weighted by molar-refractivity contribution is -0.135. The number of aromatic nitrogens is 1. The summed E-state index contributed by atoms with van der Waals surface area (Å²) in [7, 11) is 0. The van der Waals surface area contributed by atoms with Crippen molar-refractivity contribution in [3.05, 3.63) is 114 Å². The number of rotatable bonds is 20. The molecule has 11 nitrogen and oxygen atoms in total. The molecule has 4 amide bonds. The fourth-order valence-electron chi connectivity index (χ4n) is 6.51. The molecule has 55 heavy (non-hydrogen) atoms. The number of amides is 4. The number of carbonyl (C=O) groups excluding carboxylic acids is 4. The Morgan fingerprint density at radius 2 is 1.45 bits per heavy atom. The lowest BCUT2D eigenvalue weighted by Crippen LogP contribution is -2.57. The minimum absolute atomic E-state index is 0.0109. The smallest absolute Gasteiger partial charge is 0.408 e. The van der Waals surface area contributed by atoms with Gasteiger partial charge >= 0.3 is 6.09 Å². The Bertz CT molecular complexity index is 1820. The molecule has 0 radical (unpaired) electrons. The molecular weight excluding hydrogens is 695 g/mol. The van der Waals surface area contributed by atoms with Gasteiger partial charge in [-0.15, -0.1) is 0 Å². The normalized spacial score (nSPS) is 13.9. The van der Waals surface area contributed by atoms with E-state index >= 15 is 0 Å². The molecule has 4 aromatic rings. The van der Waals surface area contributed by atoms with Crippen LogP contribution in [0.25, 0.3) is 10.8 Å². The van der Waals surface area contributed by atoms with Gasteiger partial charge in [-0.25, -0.2) is 4.79 Å². The van der Waals surface area contributed by atoms with Crippen molar-refractivity contribution in [3.8, 4) is 0 Å². The number of carbonyl (C=O) groups is 4. The molecule has 294 valence electrons. The van der Waals surface area contributed by atoms with E-state index in [1.54, 1.807) is 23.4 Å². The van der Waals surface area contributed by atoms with E-state index in [1.165, 1.54) is 0 Å². The van der Waals surface area contributed by atoms with Crippen molar-refractivity contribution >= 4 is 34.6 Å². The zero-order chi connectivity index (χ0) is 39.7. The second-order valence-corrected chi connectivity index (χ2v) is 14.7. The summed E-state index contributed by atoms with van der Waals surface area (Å²) in [5.41, 5.74) is 2.32. The second-order valence-electron chi connectivity index (χ2n) is 14.7. The van der Waals surface area contributed by atoms with Crippen molar-refractivity contribution in [2.75, 3.05) is 13.1 Å². The second kappa shape index (κ2) is 21.6. The lowest BCUT2D eigenvalue weighted by atomic mass is 9.95. The standard InChI is InChI=1S/C44H57N5O6/c1-6-31(5)28-49(7-2)41(51)26-40(50)37(23-30(3)4)46-42(52)38(24-33-17-14-22-45-27-33)47-43(53)39(48-44(54)55-29-32-15-9-8-10-16-32)25-35-20-13-19-34-18-11-12-21-36(34)35/h8-22,27,30-31,37-40,50H,6-7,23-26,28-29H2,1-5H3,(H,46,52)(H,47,53)(H,48,54)/t31?,37-,38?,39-,40-/m0/s1. The highest BCUT2D eigenvalue weighted by Crippen LogP contribution is 2.21. The first kappa shape index (κ1) is 42.5. The van der Waals surface area contributed by atoms with Gasteiger partial charge < -0.3 is 30.7 Å². The number of hydrogen-bond donors (Lipinski definition) is 4. The summed E-state index contributed by atoms with van der Waals surface area (Å²) in [5, 5.41) is 21.9. The number of nitrogens with one attached hydrogen (secondary N) is 3. The molecule has 0 bridgehead atoms. The van der Waals surface area contributed by atoms with Gasteiger partial charge in [-0.05, 0) is 58.7 Å². The van der Waals surface area contributed by atoms with E-state index in [1.807, 2.05) is 99.6 Å². The quantitative estimate of drug-likeness (QED) is 0.0869. The van der Waals surface area contributed by atoms with Crippen molar-refractivity contribution in [2.24, 2.45) is 11.8 Å². The van der Waals surface area contributed by atoms with E-state index < -0.39 is 42.1 Å². The summed E-state index contributed by atoms with van der Waals surface area (Å²) in [6.07, 6.45) is 2.70. The maximum atomic E-state index is 14.3. The van der Waals surface area contributed by atoms with Crippen molar-refractivity contribution in [2.45, 2.75) is 97.6 Å². The summed E-state index contributed by atoms with van der Waals surface area (Å²) in [6.45, 7) is 11.1. The highest BCUT2D eigenvalue weighted by Gasteiger charge is 2.32. The lowest BCUT2D eigenvalue weighted by Gasteiger charge is -2.30. The molecule has 0 saturated carbocycles. The molecule has 2 unspecified atom stereocenters. The number of alkyl carbamates (subject to hydrolysis) is 1. The predicted molar refractivity (Wildman–Crippen MR) is 215 cm³/mol. The van der Waals surface area contributed by atoms with Crippen LogP contribution >= 0.6 is 0 Å². The van der Waals surface area contributed by atoms with Crippen molar-refractivity contribution in [1.29, 1.82) is 0 Å². The zero-order valence-electron chi connectivity index (χ0n) is 32.7. The van der Waals surface area contributed by atoms with Gasteiger partial charge in [-0.2, -0.15) is 0 Å². The molecule has 11 heteroatoms. The molecule has 0 spiro atoms. The fourth-order valence-corrected chi connectivity index (χ4v) is 6.51. The van der Waals surface area contributed by atoms with Gasteiger partial charge in [0.15, 0.2) is 0 Å². The average molecular weight is 752 g/mol. The van der Waals surface area contributed by atoms with Gasteiger partial charge in [0, 0.05) is 38.3 Å². The molecule has 0 aliphatic heterocycles.